The number of nitrogens with zero attached hydrogens (tertiary/aromatic N) is 6. The summed E-state index contributed by atoms with van der Waals surface area (Å²) >= 11 is 0. The first-order chi connectivity index (χ1) is 32.1. The zero-order valence-electron chi connectivity index (χ0n) is 38.7. The Hall–Kier alpha value is -7.60. The third-order valence-electron chi connectivity index (χ3n) is 9.48. The number of rotatable bonds is 36. The number of hydrogen-bond acceptors (Lipinski definition) is 13. The van der Waals surface area contributed by atoms with Crippen molar-refractivity contribution in [1.29, 1.82) is 0 Å². The summed E-state index contributed by atoms with van der Waals surface area (Å²) in [6, 6.07) is -7.47. The van der Waals surface area contributed by atoms with E-state index < -0.39 is 71.8 Å². The molecule has 0 saturated carbocycles. The van der Waals surface area contributed by atoms with Gasteiger partial charge < -0.3 is 106 Å². The van der Waals surface area contributed by atoms with Gasteiger partial charge in [-0.3, -0.25) is 53.9 Å². The Morgan fingerprint density at radius 1 is 0.338 bits per heavy atom. The first-order valence-corrected chi connectivity index (χ1v) is 21.8. The van der Waals surface area contributed by atoms with Crippen LogP contribution in [0, 0.1) is 0 Å². The average molecular weight is 969 g/mol. The smallest absolute Gasteiger partial charge is 0.326 e. The number of hydrogen-bond donors (Lipinski definition) is 19. The zero-order chi connectivity index (χ0) is 51.6. The van der Waals surface area contributed by atoms with Crippen molar-refractivity contribution in [3.63, 3.8) is 0 Å². The van der Waals surface area contributed by atoms with Crippen molar-refractivity contribution < 1.29 is 33.9 Å². The third kappa shape index (κ3) is 29.8. The van der Waals surface area contributed by atoms with Gasteiger partial charge in [-0.05, 0) is 84.1 Å². The van der Waals surface area contributed by atoms with Crippen LogP contribution in [-0.4, -0.2) is 159 Å². The highest BCUT2D eigenvalue weighted by atomic mass is 16.4. The number of aliphatic imine (C=N–C) groups is 6. The van der Waals surface area contributed by atoms with Crippen LogP contribution in [0.5, 0.6) is 0 Å². The second-order valence-electron chi connectivity index (χ2n) is 15.2. The van der Waals surface area contributed by atoms with Gasteiger partial charge in [-0.15, -0.1) is 0 Å². The zero-order valence-corrected chi connectivity index (χ0v) is 38.7. The van der Waals surface area contributed by atoms with Gasteiger partial charge in [-0.1, -0.05) is 0 Å². The van der Waals surface area contributed by atoms with Gasteiger partial charge >= 0.3 is 5.97 Å². The van der Waals surface area contributed by atoms with Crippen molar-refractivity contribution in [3.05, 3.63) is 0 Å². The van der Waals surface area contributed by atoms with Crippen molar-refractivity contribution in [2.75, 3.05) is 46.3 Å². The van der Waals surface area contributed by atoms with Gasteiger partial charge in [0.2, 0.25) is 29.5 Å². The van der Waals surface area contributed by atoms with E-state index in [1.54, 1.807) is 7.05 Å². The average Bonchev–Trinajstić information content (AvgIpc) is 3.25. The van der Waals surface area contributed by atoms with Gasteiger partial charge in [0.25, 0.3) is 0 Å². The molecule has 6 atom stereocenters. The molecule has 31 N–H and O–H groups in total. The number of carboxylic acid groups (broad SMARTS) is 1. The van der Waals surface area contributed by atoms with Gasteiger partial charge in [0.05, 0.1) is 6.04 Å². The molecule has 386 valence electrons. The molecule has 68 heavy (non-hydrogen) atoms. The van der Waals surface area contributed by atoms with Crippen LogP contribution in [0.15, 0.2) is 30.0 Å². The highest BCUT2D eigenvalue weighted by molar-refractivity contribution is 5.96. The number of carbonyl (C=O) groups excluding carboxylic acids is 5. The maximum atomic E-state index is 14.2. The molecule has 0 rings (SSSR count). The first-order valence-electron chi connectivity index (χ1n) is 21.8. The van der Waals surface area contributed by atoms with E-state index in [1.165, 1.54) is 0 Å². The molecule has 0 aliphatic heterocycles. The molecule has 0 aromatic rings. The summed E-state index contributed by atoms with van der Waals surface area (Å²) in [4.78, 5) is 105. The van der Waals surface area contributed by atoms with Gasteiger partial charge in [0.1, 0.15) is 30.2 Å². The number of amides is 5. The Morgan fingerprint density at radius 3 is 0.706 bits per heavy atom. The molecule has 0 heterocycles. The lowest BCUT2D eigenvalue weighted by atomic mass is 10.0. The van der Waals surface area contributed by atoms with E-state index in [1.807, 2.05) is 0 Å². The third-order valence-corrected chi connectivity index (χ3v) is 9.48. The van der Waals surface area contributed by atoms with Crippen molar-refractivity contribution in [3.8, 4) is 0 Å². The number of likely N-dealkylation sites (N-methyl/N-ethyl adjacent to an activating group) is 1. The van der Waals surface area contributed by atoms with Crippen LogP contribution in [0.3, 0.4) is 0 Å². The van der Waals surface area contributed by atoms with E-state index in [4.69, 9.17) is 68.8 Å². The Bertz CT molecular complexity index is 1770. The maximum absolute atomic E-state index is 14.2. The van der Waals surface area contributed by atoms with E-state index in [-0.39, 0.29) is 139 Å². The lowest BCUT2D eigenvalue weighted by molar-refractivity contribution is -0.142. The van der Waals surface area contributed by atoms with E-state index >= 15 is 0 Å². The highest BCUT2D eigenvalue weighted by Crippen LogP contribution is 2.10. The number of nitrogens with two attached hydrogens (primary N) is 12. The number of nitrogens with one attached hydrogen (secondary N) is 6. The molecule has 31 nitrogen and oxygen atoms in total. The fourth-order valence-corrected chi connectivity index (χ4v) is 6.12. The molecule has 0 aromatic heterocycles. The van der Waals surface area contributed by atoms with E-state index in [0.717, 1.165) is 0 Å². The number of carbonyl (C=O) groups is 6. The molecule has 0 aliphatic rings. The summed E-state index contributed by atoms with van der Waals surface area (Å²) in [5, 5.41) is 25.9. The summed E-state index contributed by atoms with van der Waals surface area (Å²) in [6.45, 7) is 0.584. The molecular weight excluding hydrogens is 893 g/mol. The van der Waals surface area contributed by atoms with E-state index in [0.29, 0.717) is 12.8 Å². The topological polar surface area (TPSA) is 581 Å². The molecule has 31 heteroatoms. The maximum Gasteiger partial charge on any atom is 0.326 e. The minimum atomic E-state index is -1.40. The van der Waals surface area contributed by atoms with Crippen LogP contribution >= 0.6 is 0 Å². The quantitative estimate of drug-likeness (QED) is 0.0157. The van der Waals surface area contributed by atoms with Gasteiger partial charge in [0.15, 0.2) is 35.8 Å². The number of aliphatic carboxylic acids is 1. The van der Waals surface area contributed by atoms with Crippen molar-refractivity contribution >= 4 is 71.3 Å². The predicted octanol–water partition coefficient (Wildman–Crippen LogP) is -8.60. The van der Waals surface area contributed by atoms with Crippen molar-refractivity contribution in [2.45, 2.75) is 113 Å². The molecule has 0 radical (unpaired) electrons. The Labute approximate surface area is 394 Å². The lowest BCUT2D eigenvalue weighted by Gasteiger charge is -2.27. The molecular formula is C37H76N24O7. The van der Waals surface area contributed by atoms with Gasteiger partial charge in [0, 0.05) is 39.3 Å². The van der Waals surface area contributed by atoms with Crippen LogP contribution < -0.4 is 101 Å². The van der Waals surface area contributed by atoms with Crippen molar-refractivity contribution in [2.24, 2.45) is 98.8 Å². The Kier molecular flexibility index (Phi) is 30.8. The summed E-state index contributed by atoms with van der Waals surface area (Å²) in [5.41, 5.74) is 65.4. The molecule has 5 amide bonds. The van der Waals surface area contributed by atoms with Gasteiger partial charge in [-0.2, -0.15) is 0 Å². The Morgan fingerprint density at radius 2 is 0.515 bits per heavy atom. The molecule has 0 fully saturated rings. The molecule has 0 spiro atoms. The van der Waals surface area contributed by atoms with Crippen molar-refractivity contribution in [1.82, 2.24) is 31.9 Å². The van der Waals surface area contributed by atoms with Crippen LogP contribution in [-0.2, 0) is 28.8 Å². The summed E-state index contributed by atoms with van der Waals surface area (Å²) in [7, 11) is 1.56. The predicted molar refractivity (Wildman–Crippen MR) is 260 cm³/mol. The molecule has 0 saturated heterocycles. The first kappa shape index (κ1) is 60.4. The standard InChI is InChI=1S/C37H76N24O7/c1-50-20(8-2-14-51-32(38)39)26(62)57-21(9-3-15-52-33(40)41)27(63)58-22(10-4-16-53-34(42)43)28(64)59-23(11-5-17-54-35(44)45)29(65)60-24(12-6-18-55-36(46)47)30(66)61-25(31(67)68)13-7-19-56-37(48)49/h20-25,50H,2-19H2,1H3,(H,57,62)(H,58,63)(H,59,64)(H,60,65)(H,61,66)(H,67,68)(H4,38,39,51)(H4,40,41,52)(H4,42,43,53)(H4,44,45,54)(H4,46,47,55)(H4,48,49,56). The number of carboxylic acids is 1. The van der Waals surface area contributed by atoms with E-state index in [9.17, 15) is 33.9 Å². The second kappa shape index (κ2) is 34.7. The lowest BCUT2D eigenvalue weighted by Crippen LogP contribution is -2.59. The van der Waals surface area contributed by atoms with Crippen LogP contribution in [0.1, 0.15) is 77.0 Å². The summed E-state index contributed by atoms with van der Waals surface area (Å²) in [5.74, 6) is -6.38. The largest absolute Gasteiger partial charge is 0.480 e. The minimum absolute atomic E-state index is 0.0303. The molecule has 0 aromatic carbocycles. The normalized spacial score (nSPS) is 13.2. The van der Waals surface area contributed by atoms with Gasteiger partial charge in [-0.25, -0.2) is 4.79 Å². The van der Waals surface area contributed by atoms with E-state index in [2.05, 4.69) is 61.9 Å². The van der Waals surface area contributed by atoms with Crippen LogP contribution in [0.25, 0.3) is 0 Å². The fraction of sp³-hybridized carbons (Fsp3) is 0.676. The SMILES string of the molecule is CNC(CCCN=C(N)N)C(=O)NC(CCCN=C(N)N)C(=O)NC(CCCN=C(N)N)C(=O)NC(CCCN=C(N)N)C(=O)NC(CCCN=C(N)N)C(=O)NC(CCCN=C(N)N)C(=O)O. The monoisotopic (exact) mass is 969 g/mol. The molecule has 0 aliphatic carbocycles. The molecule has 0 bridgehead atoms. The summed E-state index contributed by atoms with van der Waals surface area (Å²) in [6.07, 6.45) is 1.32. The molecule has 6 unspecified atom stereocenters. The highest BCUT2D eigenvalue weighted by Gasteiger charge is 2.33. The fourth-order valence-electron chi connectivity index (χ4n) is 6.12. The van der Waals surface area contributed by atoms with Crippen LogP contribution in [0.4, 0.5) is 0 Å². The number of guanidine groups is 6. The second-order valence-corrected chi connectivity index (χ2v) is 15.2. The Balaban J connectivity index is 6.85. The summed E-state index contributed by atoms with van der Waals surface area (Å²) < 4.78 is 0. The minimum Gasteiger partial charge on any atom is -0.480 e. The van der Waals surface area contributed by atoms with Crippen LogP contribution in [0.2, 0.25) is 0 Å².